The summed E-state index contributed by atoms with van der Waals surface area (Å²) in [6.45, 7) is 5.41. The first-order valence-corrected chi connectivity index (χ1v) is 10.2. The predicted octanol–water partition coefficient (Wildman–Crippen LogP) is 3.99. The summed E-state index contributed by atoms with van der Waals surface area (Å²) in [4.78, 5) is 12.1. The van der Waals surface area contributed by atoms with E-state index in [0.717, 1.165) is 36.0 Å². The molecule has 0 saturated heterocycles. The van der Waals surface area contributed by atoms with Gasteiger partial charge in [0.15, 0.2) is 0 Å². The second-order valence-electron chi connectivity index (χ2n) is 6.97. The summed E-state index contributed by atoms with van der Waals surface area (Å²) >= 11 is 0. The fourth-order valence-corrected chi connectivity index (χ4v) is 5.47. The van der Waals surface area contributed by atoms with Crippen molar-refractivity contribution in [1.29, 1.82) is 0 Å². The van der Waals surface area contributed by atoms with Gasteiger partial charge < -0.3 is 5.11 Å². The molecule has 0 fully saturated rings. The molecule has 0 atom stereocenters. The summed E-state index contributed by atoms with van der Waals surface area (Å²) in [5.74, 6) is -1.10. The van der Waals surface area contributed by atoms with Gasteiger partial charge in [-0.25, -0.2) is 13.2 Å². The highest BCUT2D eigenvalue weighted by Crippen LogP contribution is 2.32. The van der Waals surface area contributed by atoms with Crippen LogP contribution < -0.4 is 4.72 Å². The minimum atomic E-state index is -3.89. The van der Waals surface area contributed by atoms with Crippen LogP contribution in [-0.4, -0.2) is 19.5 Å². The van der Waals surface area contributed by atoms with Crippen LogP contribution in [0.15, 0.2) is 29.2 Å². The molecular formula is C20H23NO4S. The van der Waals surface area contributed by atoms with E-state index >= 15 is 0 Å². The molecule has 2 N–H and O–H groups in total. The number of rotatable bonds is 4. The van der Waals surface area contributed by atoms with Crippen LogP contribution >= 0.6 is 0 Å². The van der Waals surface area contributed by atoms with Crippen molar-refractivity contribution in [3.8, 4) is 0 Å². The molecule has 0 heterocycles. The van der Waals surface area contributed by atoms with Crippen molar-refractivity contribution in [3.05, 3.63) is 57.6 Å². The number of carboxylic acids is 1. The number of aryl methyl sites for hydroxylation is 4. The number of benzene rings is 2. The Kier molecular flexibility index (Phi) is 4.80. The number of hydrogen-bond donors (Lipinski definition) is 2. The van der Waals surface area contributed by atoms with E-state index in [1.807, 2.05) is 25.1 Å². The Balaban J connectivity index is 2.10. The van der Waals surface area contributed by atoms with Crippen molar-refractivity contribution < 1.29 is 18.3 Å². The Morgan fingerprint density at radius 2 is 1.65 bits per heavy atom. The average Bonchev–Trinajstić information content (AvgIpc) is 2.52. The maximum atomic E-state index is 13.0. The lowest BCUT2D eigenvalue weighted by molar-refractivity contribution is 0.0696. The van der Waals surface area contributed by atoms with E-state index in [1.54, 1.807) is 19.9 Å². The molecule has 5 nitrogen and oxygen atoms in total. The van der Waals surface area contributed by atoms with E-state index in [2.05, 4.69) is 4.72 Å². The molecule has 26 heavy (non-hydrogen) atoms. The fraction of sp³-hybridized carbons (Fsp3) is 0.350. The number of nitrogens with one attached hydrogen (secondary N) is 1. The van der Waals surface area contributed by atoms with Gasteiger partial charge in [-0.15, -0.1) is 0 Å². The molecule has 0 aromatic heterocycles. The number of fused-ring (bicyclic) bond motifs is 1. The van der Waals surface area contributed by atoms with E-state index in [4.69, 9.17) is 0 Å². The van der Waals surface area contributed by atoms with E-state index in [0.29, 0.717) is 17.5 Å². The van der Waals surface area contributed by atoms with Gasteiger partial charge in [-0.1, -0.05) is 23.8 Å². The van der Waals surface area contributed by atoms with Crippen LogP contribution in [0, 0.1) is 20.8 Å². The Morgan fingerprint density at radius 3 is 2.27 bits per heavy atom. The van der Waals surface area contributed by atoms with Gasteiger partial charge in [0.1, 0.15) is 0 Å². The third-order valence-electron chi connectivity index (χ3n) is 4.86. The van der Waals surface area contributed by atoms with Gasteiger partial charge >= 0.3 is 5.97 Å². The average molecular weight is 373 g/mol. The van der Waals surface area contributed by atoms with Crippen molar-refractivity contribution in [2.24, 2.45) is 0 Å². The normalized spacial score (nSPS) is 14.0. The van der Waals surface area contributed by atoms with Gasteiger partial charge in [-0.3, -0.25) is 4.72 Å². The van der Waals surface area contributed by atoms with Crippen molar-refractivity contribution in [2.75, 3.05) is 4.72 Å². The monoisotopic (exact) mass is 373 g/mol. The summed E-state index contributed by atoms with van der Waals surface area (Å²) in [5.41, 5.74) is 4.24. The van der Waals surface area contributed by atoms with E-state index in [9.17, 15) is 18.3 Å². The first kappa shape index (κ1) is 18.5. The molecule has 0 spiro atoms. The van der Waals surface area contributed by atoms with E-state index < -0.39 is 16.0 Å². The first-order valence-electron chi connectivity index (χ1n) is 8.69. The smallest absolute Gasteiger partial charge is 0.338 e. The summed E-state index contributed by atoms with van der Waals surface area (Å²) in [7, 11) is -3.89. The molecule has 0 unspecified atom stereocenters. The highest BCUT2D eigenvalue weighted by Gasteiger charge is 2.26. The Hall–Kier alpha value is -2.34. The molecule has 138 valence electrons. The van der Waals surface area contributed by atoms with Crippen LogP contribution in [0.3, 0.4) is 0 Å². The Morgan fingerprint density at radius 1 is 1.04 bits per heavy atom. The van der Waals surface area contributed by atoms with Crippen molar-refractivity contribution in [3.63, 3.8) is 0 Å². The quantitative estimate of drug-likeness (QED) is 0.849. The van der Waals surface area contributed by atoms with E-state index in [1.165, 1.54) is 0 Å². The van der Waals surface area contributed by atoms with Gasteiger partial charge in [-0.05, 0) is 74.8 Å². The first-order chi connectivity index (χ1) is 12.2. The summed E-state index contributed by atoms with van der Waals surface area (Å²) in [5, 5.41) is 9.70. The lowest BCUT2D eigenvalue weighted by Gasteiger charge is -2.21. The standard InChI is InChI=1S/C20H23NO4S/c1-12-10-13(2)19(14(3)11-12)26(24,25)21-17-9-8-15-6-4-5-7-16(15)18(17)20(22)23/h8-11,21H,4-7H2,1-3H3,(H,22,23). The van der Waals surface area contributed by atoms with Crippen molar-refractivity contribution in [1.82, 2.24) is 0 Å². The lowest BCUT2D eigenvalue weighted by atomic mass is 9.87. The van der Waals surface area contributed by atoms with Gasteiger partial charge in [0, 0.05) is 0 Å². The molecule has 1 aliphatic carbocycles. The lowest BCUT2D eigenvalue weighted by Crippen LogP contribution is -2.20. The second kappa shape index (κ2) is 6.76. The minimum absolute atomic E-state index is 0.0770. The molecule has 1 aliphatic rings. The molecule has 0 saturated carbocycles. The van der Waals surface area contributed by atoms with Crippen molar-refractivity contribution in [2.45, 2.75) is 51.3 Å². The molecule has 2 aromatic rings. The van der Waals surface area contributed by atoms with Gasteiger partial charge in [0.2, 0.25) is 0 Å². The molecular weight excluding hydrogens is 350 g/mol. The summed E-state index contributed by atoms with van der Waals surface area (Å²) in [6, 6.07) is 7.04. The maximum absolute atomic E-state index is 13.0. The number of hydrogen-bond acceptors (Lipinski definition) is 3. The molecule has 3 rings (SSSR count). The highest BCUT2D eigenvalue weighted by molar-refractivity contribution is 7.92. The van der Waals surface area contributed by atoms with Crippen molar-refractivity contribution >= 4 is 21.7 Å². The van der Waals surface area contributed by atoms with Crippen LogP contribution in [0.5, 0.6) is 0 Å². The molecule has 0 amide bonds. The topological polar surface area (TPSA) is 83.5 Å². The van der Waals surface area contributed by atoms with Crippen LogP contribution in [-0.2, 0) is 22.9 Å². The van der Waals surface area contributed by atoms with Gasteiger partial charge in [0.25, 0.3) is 10.0 Å². The zero-order valence-electron chi connectivity index (χ0n) is 15.2. The number of aromatic carboxylic acids is 1. The molecule has 6 heteroatoms. The highest BCUT2D eigenvalue weighted by atomic mass is 32.2. The second-order valence-corrected chi connectivity index (χ2v) is 8.59. The van der Waals surface area contributed by atoms with Gasteiger partial charge in [-0.2, -0.15) is 0 Å². The maximum Gasteiger partial charge on any atom is 0.338 e. The number of carboxylic acid groups (broad SMARTS) is 1. The zero-order chi connectivity index (χ0) is 19.1. The summed E-state index contributed by atoms with van der Waals surface area (Å²) < 4.78 is 28.5. The fourth-order valence-electron chi connectivity index (χ4n) is 3.94. The molecule has 0 aliphatic heterocycles. The molecule has 2 aromatic carbocycles. The third kappa shape index (κ3) is 3.33. The zero-order valence-corrected chi connectivity index (χ0v) is 16.0. The molecule has 0 bridgehead atoms. The van der Waals surface area contributed by atoms with Crippen LogP contribution in [0.4, 0.5) is 5.69 Å². The number of carbonyl (C=O) groups is 1. The van der Waals surface area contributed by atoms with Crippen LogP contribution in [0.25, 0.3) is 0 Å². The number of anilines is 1. The third-order valence-corrected chi connectivity index (χ3v) is 6.53. The Bertz CT molecular complexity index is 970. The largest absolute Gasteiger partial charge is 0.478 e. The molecule has 0 radical (unpaired) electrons. The summed E-state index contributed by atoms with van der Waals surface area (Å²) in [6.07, 6.45) is 3.44. The number of sulfonamides is 1. The van der Waals surface area contributed by atoms with Crippen LogP contribution in [0.1, 0.15) is 51.0 Å². The Labute approximate surface area is 154 Å². The predicted molar refractivity (Wildman–Crippen MR) is 102 cm³/mol. The van der Waals surface area contributed by atoms with Gasteiger partial charge in [0.05, 0.1) is 16.1 Å². The SMILES string of the molecule is Cc1cc(C)c(S(=O)(=O)Nc2ccc3c(c2C(=O)O)CCCC3)c(C)c1. The van der Waals surface area contributed by atoms with Crippen LogP contribution in [0.2, 0.25) is 0 Å². The minimum Gasteiger partial charge on any atom is -0.478 e. The van der Waals surface area contributed by atoms with E-state index in [-0.39, 0.29) is 16.1 Å².